The molecule has 9 nitrogen and oxygen atoms in total. The molecule has 1 heterocycles. The van der Waals surface area contributed by atoms with Gasteiger partial charge >= 0.3 is 5.97 Å². The first kappa shape index (κ1) is 17.1. The van der Waals surface area contributed by atoms with Gasteiger partial charge in [0.1, 0.15) is 5.54 Å². The summed E-state index contributed by atoms with van der Waals surface area (Å²) in [5, 5.41) is 23.9. The zero-order valence-corrected chi connectivity index (χ0v) is 13.3. The smallest absolute Gasteiger partial charge is 0.329 e. The van der Waals surface area contributed by atoms with E-state index < -0.39 is 22.3 Å². The Morgan fingerprint density at radius 3 is 2.33 bits per heavy atom. The van der Waals surface area contributed by atoms with E-state index >= 15 is 0 Å². The second kappa shape index (κ2) is 6.11. The molecule has 0 unspecified atom stereocenters. The van der Waals surface area contributed by atoms with Gasteiger partial charge in [0.2, 0.25) is 0 Å². The van der Waals surface area contributed by atoms with Crippen molar-refractivity contribution in [3.8, 4) is 5.69 Å². The summed E-state index contributed by atoms with van der Waals surface area (Å²) in [6.45, 7) is 2.83. The maximum Gasteiger partial charge on any atom is 0.329 e. The summed E-state index contributed by atoms with van der Waals surface area (Å²) in [4.78, 5) is 34.9. The van der Waals surface area contributed by atoms with E-state index in [-0.39, 0.29) is 11.4 Å². The fourth-order valence-corrected chi connectivity index (χ4v) is 1.88. The van der Waals surface area contributed by atoms with Crippen molar-refractivity contribution in [3.63, 3.8) is 0 Å². The van der Waals surface area contributed by atoms with Gasteiger partial charge in [0.25, 0.3) is 11.6 Å². The summed E-state index contributed by atoms with van der Waals surface area (Å²) < 4.78 is 1.39. The van der Waals surface area contributed by atoms with Crippen molar-refractivity contribution in [1.82, 2.24) is 14.7 Å². The fraction of sp³-hybridized carbons (Fsp3) is 0.267. The second-order valence-corrected chi connectivity index (χ2v) is 5.65. The number of carboxylic acid groups (broad SMARTS) is 1. The number of carbonyl (C=O) groups is 2. The molecule has 0 atom stereocenters. The summed E-state index contributed by atoms with van der Waals surface area (Å²) in [5.74, 6) is -1.67. The molecular formula is C15H16N4O5. The van der Waals surface area contributed by atoms with Gasteiger partial charge in [0, 0.05) is 25.4 Å². The van der Waals surface area contributed by atoms with E-state index in [1.165, 1.54) is 62.1 Å². The van der Waals surface area contributed by atoms with Gasteiger partial charge in [0.05, 0.1) is 10.6 Å². The number of hydrogen-bond donors (Lipinski definition) is 1. The van der Waals surface area contributed by atoms with Crippen molar-refractivity contribution >= 4 is 17.6 Å². The van der Waals surface area contributed by atoms with Crippen molar-refractivity contribution < 1.29 is 19.6 Å². The van der Waals surface area contributed by atoms with E-state index in [1.54, 1.807) is 0 Å². The molecule has 1 aromatic heterocycles. The van der Waals surface area contributed by atoms with Crippen LogP contribution in [0.4, 0.5) is 5.69 Å². The molecular weight excluding hydrogens is 316 g/mol. The summed E-state index contributed by atoms with van der Waals surface area (Å²) >= 11 is 0. The lowest BCUT2D eigenvalue weighted by Crippen LogP contribution is -2.50. The molecule has 0 radical (unpaired) electrons. The van der Waals surface area contributed by atoms with Gasteiger partial charge in [-0.2, -0.15) is 5.10 Å². The van der Waals surface area contributed by atoms with Crippen molar-refractivity contribution in [2.75, 3.05) is 7.05 Å². The van der Waals surface area contributed by atoms with E-state index in [2.05, 4.69) is 5.10 Å². The zero-order valence-electron chi connectivity index (χ0n) is 13.3. The number of benzene rings is 1. The van der Waals surface area contributed by atoms with Gasteiger partial charge in [-0.25, -0.2) is 9.48 Å². The minimum absolute atomic E-state index is 0.0508. The molecule has 24 heavy (non-hydrogen) atoms. The van der Waals surface area contributed by atoms with Gasteiger partial charge in [-0.05, 0) is 32.0 Å². The molecule has 0 aliphatic carbocycles. The first-order valence-corrected chi connectivity index (χ1v) is 6.96. The van der Waals surface area contributed by atoms with Gasteiger partial charge < -0.3 is 10.0 Å². The molecule has 2 rings (SSSR count). The van der Waals surface area contributed by atoms with Gasteiger partial charge in [-0.15, -0.1) is 0 Å². The van der Waals surface area contributed by atoms with Gasteiger partial charge in [-0.3, -0.25) is 14.9 Å². The monoisotopic (exact) mass is 332 g/mol. The van der Waals surface area contributed by atoms with Crippen LogP contribution in [0.3, 0.4) is 0 Å². The number of non-ortho nitro benzene ring substituents is 1. The van der Waals surface area contributed by atoms with Crippen LogP contribution in [0.15, 0.2) is 36.5 Å². The van der Waals surface area contributed by atoms with E-state index in [1.807, 2.05) is 0 Å². The van der Waals surface area contributed by atoms with Gasteiger partial charge in [-0.1, -0.05) is 0 Å². The number of nitro groups is 1. The number of nitro benzene ring substituents is 1. The molecule has 0 saturated carbocycles. The molecule has 1 N–H and O–H groups in total. The number of nitrogens with zero attached hydrogens (tertiary/aromatic N) is 4. The van der Waals surface area contributed by atoms with Crippen LogP contribution in [0.5, 0.6) is 0 Å². The third kappa shape index (κ3) is 3.09. The lowest BCUT2D eigenvalue weighted by molar-refractivity contribution is -0.384. The predicted octanol–water partition coefficient (Wildman–Crippen LogP) is 1.72. The topological polar surface area (TPSA) is 119 Å². The van der Waals surface area contributed by atoms with Crippen molar-refractivity contribution in [3.05, 3.63) is 52.3 Å². The van der Waals surface area contributed by atoms with Crippen molar-refractivity contribution in [2.24, 2.45) is 0 Å². The van der Waals surface area contributed by atoms with Crippen LogP contribution in [-0.2, 0) is 4.79 Å². The number of carbonyl (C=O) groups excluding carboxylic acids is 1. The first-order chi connectivity index (χ1) is 11.1. The molecule has 1 aromatic carbocycles. The minimum Gasteiger partial charge on any atom is -0.480 e. The Bertz CT molecular complexity index is 794. The highest BCUT2D eigenvalue weighted by Crippen LogP contribution is 2.18. The fourth-order valence-electron chi connectivity index (χ4n) is 1.88. The Morgan fingerprint density at radius 2 is 1.83 bits per heavy atom. The lowest BCUT2D eigenvalue weighted by Gasteiger charge is -2.30. The van der Waals surface area contributed by atoms with Crippen LogP contribution in [-0.4, -0.2) is 49.2 Å². The minimum atomic E-state index is -1.38. The Hall–Kier alpha value is -3.23. The van der Waals surface area contributed by atoms with E-state index in [9.17, 15) is 24.8 Å². The summed E-state index contributed by atoms with van der Waals surface area (Å²) in [6.07, 6.45) is 1.52. The molecule has 1 amide bonds. The third-order valence-electron chi connectivity index (χ3n) is 3.80. The molecule has 2 aromatic rings. The van der Waals surface area contributed by atoms with E-state index in [4.69, 9.17) is 0 Å². The number of carboxylic acids is 1. The number of rotatable bonds is 5. The van der Waals surface area contributed by atoms with E-state index in [0.717, 1.165) is 4.90 Å². The SMILES string of the molecule is CN(C(=O)c1ccn(-c2ccc([N+](=O)[O-])cc2)n1)C(C)(C)C(=O)O. The summed E-state index contributed by atoms with van der Waals surface area (Å²) in [5.41, 5.74) is -0.816. The molecule has 0 bridgehead atoms. The predicted molar refractivity (Wildman–Crippen MR) is 84.0 cm³/mol. The molecule has 126 valence electrons. The van der Waals surface area contributed by atoms with Crippen LogP contribution in [0, 0.1) is 10.1 Å². The van der Waals surface area contributed by atoms with Gasteiger partial charge in [0.15, 0.2) is 5.69 Å². The standard InChI is InChI=1S/C15H16N4O5/c1-15(2,14(21)22)17(3)13(20)12-8-9-18(16-12)10-4-6-11(7-5-10)19(23)24/h4-9H,1-3H3,(H,21,22). The number of hydrogen-bond acceptors (Lipinski definition) is 5. The normalized spacial score (nSPS) is 11.1. The summed E-state index contributed by atoms with van der Waals surface area (Å²) in [7, 11) is 1.39. The van der Waals surface area contributed by atoms with Crippen LogP contribution in [0.25, 0.3) is 5.69 Å². The first-order valence-electron chi connectivity index (χ1n) is 6.96. The summed E-state index contributed by atoms with van der Waals surface area (Å²) in [6, 6.07) is 7.13. The van der Waals surface area contributed by atoms with Crippen molar-refractivity contribution in [2.45, 2.75) is 19.4 Å². The van der Waals surface area contributed by atoms with Crippen LogP contribution in [0.2, 0.25) is 0 Å². The molecule has 0 saturated heterocycles. The zero-order chi connectivity index (χ0) is 18.1. The molecule has 0 aliphatic rings. The molecule has 0 aliphatic heterocycles. The quantitative estimate of drug-likeness (QED) is 0.657. The number of likely N-dealkylation sites (N-methyl/N-ethyl adjacent to an activating group) is 1. The Balaban J connectivity index is 2.25. The van der Waals surface area contributed by atoms with E-state index in [0.29, 0.717) is 5.69 Å². The maximum atomic E-state index is 12.4. The average Bonchev–Trinajstić information content (AvgIpc) is 3.03. The largest absolute Gasteiger partial charge is 0.480 e. The lowest BCUT2D eigenvalue weighted by atomic mass is 10.0. The average molecular weight is 332 g/mol. The van der Waals surface area contributed by atoms with Crippen LogP contribution >= 0.6 is 0 Å². The highest BCUT2D eigenvalue weighted by atomic mass is 16.6. The molecule has 0 spiro atoms. The molecule has 9 heteroatoms. The Labute approximate surface area is 137 Å². The number of aromatic nitrogens is 2. The third-order valence-corrected chi connectivity index (χ3v) is 3.80. The van der Waals surface area contributed by atoms with Crippen LogP contribution < -0.4 is 0 Å². The van der Waals surface area contributed by atoms with Crippen LogP contribution in [0.1, 0.15) is 24.3 Å². The Kier molecular flexibility index (Phi) is 4.36. The molecule has 0 fully saturated rings. The Morgan fingerprint density at radius 1 is 1.25 bits per heavy atom. The number of aliphatic carboxylic acids is 1. The highest BCUT2D eigenvalue weighted by Gasteiger charge is 2.36. The number of amides is 1. The maximum absolute atomic E-state index is 12.4. The van der Waals surface area contributed by atoms with Crippen molar-refractivity contribution in [1.29, 1.82) is 0 Å². The highest BCUT2D eigenvalue weighted by molar-refractivity contribution is 5.95. The second-order valence-electron chi connectivity index (χ2n) is 5.65.